The van der Waals surface area contributed by atoms with Gasteiger partial charge >= 0.3 is 0 Å². The molecule has 0 unspecified atom stereocenters. The summed E-state index contributed by atoms with van der Waals surface area (Å²) in [7, 11) is 0. The standard InChI is InChI=1S/C21H21N3O/c25-21(17-6-7-18-13-22-10-8-16(18)12-17)24-20(19-9-11-23-14-19)15-4-2-1-3-5-15/h1-8,10,12-13,19-20,23H,9,11,14H2,(H,24,25)/t19-,20-/m1/s1. The average Bonchev–Trinajstić information content (AvgIpc) is 3.20. The van der Waals surface area contributed by atoms with E-state index in [0.717, 1.165) is 35.8 Å². The minimum atomic E-state index is -0.0283. The van der Waals surface area contributed by atoms with Gasteiger partial charge in [0.2, 0.25) is 0 Å². The quantitative estimate of drug-likeness (QED) is 0.771. The Bertz CT molecular complexity index is 872. The molecule has 4 heteroatoms. The van der Waals surface area contributed by atoms with Crippen LogP contribution in [0.1, 0.15) is 28.4 Å². The first-order valence-electron chi connectivity index (χ1n) is 8.71. The molecule has 2 N–H and O–H groups in total. The Morgan fingerprint density at radius 2 is 2.00 bits per heavy atom. The van der Waals surface area contributed by atoms with Crippen LogP contribution in [0.4, 0.5) is 0 Å². The van der Waals surface area contributed by atoms with E-state index in [1.807, 2.05) is 48.7 Å². The Balaban J connectivity index is 1.61. The summed E-state index contributed by atoms with van der Waals surface area (Å²) in [6, 6.07) is 18.0. The molecule has 0 spiro atoms. The Hall–Kier alpha value is -2.72. The zero-order valence-electron chi connectivity index (χ0n) is 14.0. The lowest BCUT2D eigenvalue weighted by molar-refractivity contribution is 0.0924. The van der Waals surface area contributed by atoms with Crippen LogP contribution in [0, 0.1) is 5.92 Å². The molecule has 3 aromatic rings. The van der Waals surface area contributed by atoms with Crippen molar-refractivity contribution in [2.75, 3.05) is 13.1 Å². The number of nitrogens with one attached hydrogen (secondary N) is 2. The van der Waals surface area contributed by atoms with Crippen LogP contribution in [0.15, 0.2) is 67.0 Å². The number of pyridine rings is 1. The van der Waals surface area contributed by atoms with Gasteiger partial charge in [0, 0.05) is 29.9 Å². The SMILES string of the molecule is O=C(N[C@H](c1ccccc1)[C@@H]1CCNC1)c1ccc2cnccc2c1. The van der Waals surface area contributed by atoms with Gasteiger partial charge in [-0.2, -0.15) is 0 Å². The number of nitrogens with zero attached hydrogens (tertiary/aromatic N) is 1. The van der Waals surface area contributed by atoms with Gasteiger partial charge in [0.15, 0.2) is 0 Å². The number of benzene rings is 2. The average molecular weight is 331 g/mol. The minimum absolute atomic E-state index is 0.0248. The molecule has 0 aliphatic carbocycles. The number of aromatic nitrogens is 1. The van der Waals surface area contributed by atoms with Gasteiger partial charge in [-0.05, 0) is 48.0 Å². The summed E-state index contributed by atoms with van der Waals surface area (Å²) in [5.74, 6) is 0.385. The van der Waals surface area contributed by atoms with E-state index >= 15 is 0 Å². The first kappa shape index (κ1) is 15.8. The molecule has 4 nitrogen and oxygen atoms in total. The third-order valence-corrected chi connectivity index (χ3v) is 4.92. The van der Waals surface area contributed by atoms with Gasteiger partial charge in [-0.15, -0.1) is 0 Å². The molecule has 0 radical (unpaired) electrons. The van der Waals surface area contributed by atoms with Crippen molar-refractivity contribution in [2.45, 2.75) is 12.5 Å². The highest BCUT2D eigenvalue weighted by Gasteiger charge is 2.27. The lowest BCUT2D eigenvalue weighted by atomic mass is 9.92. The minimum Gasteiger partial charge on any atom is -0.345 e. The fraction of sp³-hybridized carbons (Fsp3) is 0.238. The molecular weight excluding hydrogens is 310 g/mol. The summed E-state index contributed by atoms with van der Waals surface area (Å²) in [5.41, 5.74) is 1.85. The molecular formula is C21H21N3O. The number of hydrogen-bond donors (Lipinski definition) is 2. The highest BCUT2D eigenvalue weighted by atomic mass is 16.1. The van der Waals surface area contributed by atoms with Gasteiger partial charge < -0.3 is 10.6 Å². The lowest BCUT2D eigenvalue weighted by Crippen LogP contribution is -2.34. The second-order valence-corrected chi connectivity index (χ2v) is 6.55. The van der Waals surface area contributed by atoms with Crippen molar-refractivity contribution in [1.29, 1.82) is 0 Å². The van der Waals surface area contributed by atoms with Crippen LogP contribution in [0.25, 0.3) is 10.8 Å². The third-order valence-electron chi connectivity index (χ3n) is 4.92. The summed E-state index contributed by atoms with van der Waals surface area (Å²) in [6.45, 7) is 1.94. The predicted octanol–water partition coefficient (Wildman–Crippen LogP) is 3.32. The van der Waals surface area contributed by atoms with Crippen LogP contribution in [0.3, 0.4) is 0 Å². The Kier molecular flexibility index (Phi) is 4.44. The highest BCUT2D eigenvalue weighted by molar-refractivity contribution is 5.98. The summed E-state index contributed by atoms with van der Waals surface area (Å²) < 4.78 is 0. The van der Waals surface area contributed by atoms with Gasteiger partial charge in [-0.25, -0.2) is 0 Å². The van der Waals surface area contributed by atoms with Crippen molar-refractivity contribution in [3.8, 4) is 0 Å². The number of carbonyl (C=O) groups is 1. The van der Waals surface area contributed by atoms with Crippen LogP contribution in [0.5, 0.6) is 0 Å². The normalized spacial score (nSPS) is 18.2. The fourth-order valence-electron chi connectivity index (χ4n) is 3.54. The summed E-state index contributed by atoms with van der Waals surface area (Å²) >= 11 is 0. The first-order valence-corrected chi connectivity index (χ1v) is 8.71. The van der Waals surface area contributed by atoms with Crippen molar-refractivity contribution in [3.63, 3.8) is 0 Å². The number of fused-ring (bicyclic) bond motifs is 1. The van der Waals surface area contributed by atoms with Crippen LogP contribution in [0.2, 0.25) is 0 Å². The molecule has 126 valence electrons. The van der Waals surface area contributed by atoms with Crippen LogP contribution >= 0.6 is 0 Å². The number of rotatable bonds is 4. The number of amides is 1. The van der Waals surface area contributed by atoms with Crippen molar-refractivity contribution < 1.29 is 4.79 Å². The topological polar surface area (TPSA) is 54.0 Å². The van der Waals surface area contributed by atoms with E-state index in [4.69, 9.17) is 0 Å². The van der Waals surface area contributed by atoms with Gasteiger partial charge in [0.05, 0.1) is 6.04 Å². The van der Waals surface area contributed by atoms with Gasteiger partial charge in [-0.1, -0.05) is 36.4 Å². The second kappa shape index (κ2) is 7.03. The van der Waals surface area contributed by atoms with Crippen LogP contribution < -0.4 is 10.6 Å². The molecule has 2 heterocycles. The molecule has 1 fully saturated rings. The Labute approximate surface area is 147 Å². The summed E-state index contributed by atoms with van der Waals surface area (Å²) in [4.78, 5) is 17.0. The summed E-state index contributed by atoms with van der Waals surface area (Å²) in [5, 5.41) is 8.73. The predicted molar refractivity (Wildman–Crippen MR) is 99.4 cm³/mol. The van der Waals surface area contributed by atoms with E-state index in [-0.39, 0.29) is 11.9 Å². The van der Waals surface area contributed by atoms with E-state index in [1.54, 1.807) is 6.20 Å². The largest absolute Gasteiger partial charge is 0.345 e. The monoisotopic (exact) mass is 331 g/mol. The molecule has 25 heavy (non-hydrogen) atoms. The van der Waals surface area contributed by atoms with E-state index < -0.39 is 0 Å². The highest BCUT2D eigenvalue weighted by Crippen LogP contribution is 2.27. The smallest absolute Gasteiger partial charge is 0.251 e. The van der Waals surface area contributed by atoms with Crippen LogP contribution in [-0.4, -0.2) is 24.0 Å². The van der Waals surface area contributed by atoms with E-state index in [1.165, 1.54) is 0 Å². The molecule has 1 aromatic heterocycles. The molecule has 1 aliphatic heterocycles. The zero-order chi connectivity index (χ0) is 17.1. The maximum absolute atomic E-state index is 12.9. The Morgan fingerprint density at radius 3 is 2.80 bits per heavy atom. The maximum atomic E-state index is 12.9. The van der Waals surface area contributed by atoms with Crippen molar-refractivity contribution in [1.82, 2.24) is 15.6 Å². The van der Waals surface area contributed by atoms with E-state index in [0.29, 0.717) is 11.5 Å². The first-order chi connectivity index (χ1) is 12.3. The van der Waals surface area contributed by atoms with E-state index in [9.17, 15) is 4.79 Å². The summed E-state index contributed by atoms with van der Waals surface area (Å²) in [6.07, 6.45) is 4.64. The molecule has 1 saturated heterocycles. The molecule has 2 atom stereocenters. The molecule has 1 aliphatic rings. The third kappa shape index (κ3) is 3.39. The van der Waals surface area contributed by atoms with Gasteiger partial charge in [-0.3, -0.25) is 9.78 Å². The van der Waals surface area contributed by atoms with Gasteiger partial charge in [0.1, 0.15) is 0 Å². The Morgan fingerprint density at radius 1 is 1.12 bits per heavy atom. The molecule has 2 aromatic carbocycles. The van der Waals surface area contributed by atoms with Gasteiger partial charge in [0.25, 0.3) is 5.91 Å². The molecule has 4 rings (SSSR count). The molecule has 0 saturated carbocycles. The van der Waals surface area contributed by atoms with Crippen molar-refractivity contribution in [3.05, 3.63) is 78.1 Å². The molecule has 1 amide bonds. The van der Waals surface area contributed by atoms with Crippen molar-refractivity contribution in [2.24, 2.45) is 5.92 Å². The fourth-order valence-corrected chi connectivity index (χ4v) is 3.54. The zero-order valence-corrected chi connectivity index (χ0v) is 14.0. The molecule has 0 bridgehead atoms. The second-order valence-electron chi connectivity index (χ2n) is 6.55. The van der Waals surface area contributed by atoms with E-state index in [2.05, 4.69) is 27.8 Å². The number of carbonyl (C=O) groups excluding carboxylic acids is 1. The maximum Gasteiger partial charge on any atom is 0.251 e. The number of hydrogen-bond acceptors (Lipinski definition) is 3. The lowest BCUT2D eigenvalue weighted by Gasteiger charge is -2.25. The van der Waals surface area contributed by atoms with Crippen LogP contribution in [-0.2, 0) is 0 Å². The van der Waals surface area contributed by atoms with Crippen molar-refractivity contribution >= 4 is 16.7 Å².